The van der Waals surface area contributed by atoms with Gasteiger partial charge in [0.1, 0.15) is 28.6 Å². The van der Waals surface area contributed by atoms with Crippen molar-refractivity contribution in [3.05, 3.63) is 52.1 Å². The second-order valence-electron chi connectivity index (χ2n) is 7.54. The molecule has 1 fully saturated rings. The molecule has 1 heterocycles. The van der Waals surface area contributed by atoms with Crippen molar-refractivity contribution in [3.63, 3.8) is 0 Å². The zero-order valence-electron chi connectivity index (χ0n) is 18.6. The molecule has 1 aromatic heterocycles. The molecule has 1 saturated carbocycles. The van der Waals surface area contributed by atoms with Crippen molar-refractivity contribution in [2.75, 3.05) is 21.3 Å². The number of hydrogen-bond acceptors (Lipinski definition) is 6. The Hall–Kier alpha value is -3.22. The first kappa shape index (κ1) is 22.5. The number of benzene rings is 1. The van der Waals surface area contributed by atoms with Crippen LogP contribution >= 0.6 is 0 Å². The maximum Gasteiger partial charge on any atom is 0.264 e. The maximum absolute atomic E-state index is 13.0. The minimum Gasteiger partial charge on any atom is -0.506 e. The number of aryl methyl sites for hydroxylation is 1. The number of nitrogens with one attached hydrogen (secondary N) is 1. The topological polar surface area (TPSA) is 93.1 Å². The van der Waals surface area contributed by atoms with Gasteiger partial charge in [-0.05, 0) is 37.8 Å². The van der Waals surface area contributed by atoms with E-state index in [9.17, 15) is 9.90 Å². The van der Waals surface area contributed by atoms with Crippen LogP contribution in [0.1, 0.15) is 43.9 Å². The Morgan fingerprint density at radius 1 is 1.23 bits per heavy atom. The van der Waals surface area contributed by atoms with Gasteiger partial charge in [-0.2, -0.15) is 0 Å². The summed E-state index contributed by atoms with van der Waals surface area (Å²) in [7, 11) is 4.62. The number of rotatable bonds is 9. The van der Waals surface area contributed by atoms with Crippen LogP contribution in [0.4, 0.5) is 0 Å². The highest BCUT2D eigenvalue weighted by atomic mass is 16.5. The number of methoxy groups -OCH3 is 2. The minimum absolute atomic E-state index is 0.0347. The Morgan fingerprint density at radius 2 is 1.87 bits per heavy atom. The number of aromatic amines is 1. The van der Waals surface area contributed by atoms with E-state index in [1.807, 2.05) is 0 Å². The van der Waals surface area contributed by atoms with Crippen molar-refractivity contribution in [2.24, 2.45) is 10.9 Å². The van der Waals surface area contributed by atoms with Crippen LogP contribution in [0.5, 0.6) is 17.2 Å². The molecular weight excluding hydrogens is 396 g/mol. The predicted octanol–water partition coefficient (Wildman–Crippen LogP) is 4.42. The predicted molar refractivity (Wildman–Crippen MR) is 121 cm³/mol. The van der Waals surface area contributed by atoms with Crippen molar-refractivity contribution in [1.82, 2.24) is 4.98 Å². The van der Waals surface area contributed by atoms with Crippen LogP contribution in [0.2, 0.25) is 0 Å². The fourth-order valence-corrected chi connectivity index (χ4v) is 3.57. The zero-order chi connectivity index (χ0) is 22.5. The van der Waals surface area contributed by atoms with Gasteiger partial charge in [0.2, 0.25) is 5.90 Å². The van der Waals surface area contributed by atoms with Gasteiger partial charge in [-0.25, -0.2) is 0 Å². The van der Waals surface area contributed by atoms with E-state index in [-0.39, 0.29) is 23.1 Å². The third kappa shape index (κ3) is 4.60. The quantitative estimate of drug-likeness (QED) is 0.352. The van der Waals surface area contributed by atoms with E-state index in [1.165, 1.54) is 7.05 Å². The van der Waals surface area contributed by atoms with Crippen molar-refractivity contribution < 1.29 is 19.3 Å². The monoisotopic (exact) mass is 426 g/mol. The van der Waals surface area contributed by atoms with Crippen LogP contribution in [-0.2, 0) is 11.2 Å². The Balaban J connectivity index is 2.25. The molecule has 7 heteroatoms. The van der Waals surface area contributed by atoms with E-state index in [4.69, 9.17) is 14.2 Å². The van der Waals surface area contributed by atoms with Gasteiger partial charge >= 0.3 is 0 Å². The Morgan fingerprint density at radius 3 is 2.39 bits per heavy atom. The lowest BCUT2D eigenvalue weighted by Crippen LogP contribution is -2.23. The van der Waals surface area contributed by atoms with Gasteiger partial charge in [-0.1, -0.05) is 26.0 Å². The van der Waals surface area contributed by atoms with E-state index < -0.39 is 5.56 Å². The van der Waals surface area contributed by atoms with Crippen LogP contribution < -0.4 is 15.0 Å². The fourth-order valence-electron chi connectivity index (χ4n) is 3.57. The molecule has 0 radical (unpaired) electrons. The number of H-pyrrole nitrogens is 1. The summed E-state index contributed by atoms with van der Waals surface area (Å²) in [5.41, 5.74) is 1.11. The van der Waals surface area contributed by atoms with E-state index in [1.54, 1.807) is 32.4 Å². The number of ether oxygens (including phenoxy) is 3. The summed E-state index contributed by atoms with van der Waals surface area (Å²) in [4.78, 5) is 20.1. The maximum atomic E-state index is 13.0. The number of aliphatic imine (C=N–C) groups is 1. The van der Waals surface area contributed by atoms with Crippen molar-refractivity contribution >= 4 is 5.90 Å². The van der Waals surface area contributed by atoms with Gasteiger partial charge in [0.25, 0.3) is 5.56 Å². The molecule has 31 heavy (non-hydrogen) atoms. The largest absolute Gasteiger partial charge is 0.506 e. The molecule has 1 aliphatic carbocycles. The summed E-state index contributed by atoms with van der Waals surface area (Å²) in [6, 6.07) is 5.37. The molecule has 0 aliphatic heterocycles. The van der Waals surface area contributed by atoms with Gasteiger partial charge in [-0.3, -0.25) is 9.79 Å². The van der Waals surface area contributed by atoms with Crippen LogP contribution in [0.3, 0.4) is 0 Å². The molecular formula is C24H30N2O5. The molecule has 2 aromatic rings. The smallest absolute Gasteiger partial charge is 0.264 e. The summed E-state index contributed by atoms with van der Waals surface area (Å²) in [5, 5.41) is 11.4. The molecule has 1 aliphatic rings. The van der Waals surface area contributed by atoms with E-state index in [0.717, 1.165) is 25.7 Å². The Kier molecular flexibility index (Phi) is 7.05. The number of unbranched alkanes of at least 4 members (excludes halogenated alkanes) is 1. The number of aromatic nitrogens is 1. The SMILES string of the molecule is C=C(OC(=NC)c1c(O)c(-c2c(OC)cccc2OC)c(CCCC)[nH]c1=O)C1CC1. The summed E-state index contributed by atoms with van der Waals surface area (Å²) in [6.07, 6.45) is 4.34. The van der Waals surface area contributed by atoms with E-state index in [0.29, 0.717) is 40.5 Å². The van der Waals surface area contributed by atoms with Gasteiger partial charge in [-0.15, -0.1) is 0 Å². The third-order valence-corrected chi connectivity index (χ3v) is 5.40. The van der Waals surface area contributed by atoms with E-state index in [2.05, 4.69) is 23.5 Å². The summed E-state index contributed by atoms with van der Waals surface area (Å²) >= 11 is 0. The third-order valence-electron chi connectivity index (χ3n) is 5.40. The lowest BCUT2D eigenvalue weighted by Gasteiger charge is -2.20. The number of aromatic hydroxyl groups is 1. The molecule has 7 nitrogen and oxygen atoms in total. The highest BCUT2D eigenvalue weighted by molar-refractivity contribution is 6.00. The molecule has 3 rings (SSSR count). The Bertz CT molecular complexity index is 1030. The Labute approximate surface area is 182 Å². The van der Waals surface area contributed by atoms with Crippen LogP contribution in [0.15, 0.2) is 40.3 Å². The highest BCUT2D eigenvalue weighted by Gasteiger charge is 2.30. The second-order valence-corrected chi connectivity index (χ2v) is 7.54. The normalized spacial score (nSPS) is 13.7. The second kappa shape index (κ2) is 9.73. The highest BCUT2D eigenvalue weighted by Crippen LogP contribution is 2.45. The van der Waals surface area contributed by atoms with E-state index >= 15 is 0 Å². The lowest BCUT2D eigenvalue weighted by molar-refractivity contribution is 0.383. The molecule has 166 valence electrons. The van der Waals surface area contributed by atoms with Gasteiger partial charge in [0.05, 0.1) is 25.3 Å². The summed E-state index contributed by atoms with van der Waals surface area (Å²) < 4.78 is 16.9. The van der Waals surface area contributed by atoms with Crippen LogP contribution in [0, 0.1) is 5.92 Å². The lowest BCUT2D eigenvalue weighted by atomic mass is 9.95. The molecule has 1 aromatic carbocycles. The van der Waals surface area contributed by atoms with Crippen LogP contribution in [0.25, 0.3) is 11.1 Å². The van der Waals surface area contributed by atoms with Gasteiger partial charge in [0, 0.05) is 18.7 Å². The fraction of sp³-hybridized carbons (Fsp3) is 0.417. The number of nitrogens with zero attached hydrogens (tertiary/aromatic N) is 1. The van der Waals surface area contributed by atoms with Crippen molar-refractivity contribution in [1.29, 1.82) is 0 Å². The first-order valence-electron chi connectivity index (χ1n) is 10.5. The van der Waals surface area contributed by atoms with Crippen molar-refractivity contribution in [3.8, 4) is 28.4 Å². The first-order chi connectivity index (χ1) is 15.0. The molecule has 0 atom stereocenters. The first-order valence-corrected chi connectivity index (χ1v) is 10.5. The molecule has 0 unspecified atom stereocenters. The van der Waals surface area contributed by atoms with Crippen LogP contribution in [-0.4, -0.2) is 37.3 Å². The average Bonchev–Trinajstić information content (AvgIpc) is 3.61. The molecule has 0 spiro atoms. The standard InChI is InChI=1S/C24H30N2O5/c1-6-7-9-16-19(20-17(29-4)10-8-11-18(20)30-5)22(27)21(23(28)26-16)24(25-3)31-14(2)15-12-13-15/h8,10-11,15H,2,6-7,9,12-13H2,1,3-5H3,(H2,26,27,28). The number of hydrogen-bond donors (Lipinski definition) is 2. The van der Waals surface area contributed by atoms with Gasteiger partial charge < -0.3 is 24.3 Å². The number of pyridine rings is 1. The van der Waals surface area contributed by atoms with Crippen molar-refractivity contribution in [2.45, 2.75) is 39.0 Å². The minimum atomic E-state index is -0.467. The van der Waals surface area contributed by atoms with Gasteiger partial charge in [0.15, 0.2) is 0 Å². The molecule has 0 amide bonds. The summed E-state index contributed by atoms with van der Waals surface area (Å²) in [6.45, 7) is 6.01. The molecule has 0 saturated heterocycles. The number of allylic oxidation sites excluding steroid dienone is 1. The molecule has 0 bridgehead atoms. The summed E-state index contributed by atoms with van der Waals surface area (Å²) in [5.74, 6) is 1.66. The zero-order valence-corrected chi connectivity index (χ0v) is 18.6. The molecule has 2 N–H and O–H groups in total. The average molecular weight is 427 g/mol.